The van der Waals surface area contributed by atoms with Crippen molar-refractivity contribution in [2.75, 3.05) is 48.1 Å². The van der Waals surface area contributed by atoms with Crippen molar-refractivity contribution in [3.63, 3.8) is 0 Å². The number of carbonyl (C=O) groups is 1. The van der Waals surface area contributed by atoms with Crippen molar-refractivity contribution in [1.82, 2.24) is 4.90 Å². The zero-order chi connectivity index (χ0) is 28.0. The molecule has 1 N–H and O–H groups in total. The van der Waals surface area contributed by atoms with Crippen LogP contribution in [0.5, 0.6) is 0 Å². The summed E-state index contributed by atoms with van der Waals surface area (Å²) in [6.45, 7) is 4.90. The maximum Gasteiger partial charge on any atom is 0.338 e. The Bertz CT molecular complexity index is 1130. The summed E-state index contributed by atoms with van der Waals surface area (Å²) in [5.41, 5.74) is -0.452. The lowest BCUT2D eigenvalue weighted by molar-refractivity contribution is -0.305. The Hall–Kier alpha value is -1.55. The molecule has 1 aliphatic heterocycles. The summed E-state index contributed by atoms with van der Waals surface area (Å²) in [7, 11) is 7.13. The Kier molecular flexibility index (Phi) is 6.47. The first-order valence-electron chi connectivity index (χ1n) is 15.2. The number of methoxy groups -OCH3 is 4. The number of benzene rings is 1. The second-order valence-corrected chi connectivity index (χ2v) is 13.4. The summed E-state index contributed by atoms with van der Waals surface area (Å²) in [6, 6.07) is 9.44. The molecule has 8 heteroatoms. The van der Waals surface area contributed by atoms with Gasteiger partial charge in [0.2, 0.25) is 0 Å². The Balaban J connectivity index is 1.42. The predicted octanol–water partition coefficient (Wildman–Crippen LogP) is 3.02. The highest BCUT2D eigenvalue weighted by molar-refractivity contribution is 5.89. The zero-order valence-electron chi connectivity index (χ0n) is 24.5. The van der Waals surface area contributed by atoms with Crippen LogP contribution >= 0.6 is 0 Å². The van der Waals surface area contributed by atoms with Gasteiger partial charge in [0.1, 0.15) is 17.8 Å². The Morgan fingerprint density at radius 3 is 2.48 bits per heavy atom. The number of aliphatic hydroxyl groups excluding tert-OH is 1. The molecule has 220 valence electrons. The van der Waals surface area contributed by atoms with E-state index in [1.165, 1.54) is 0 Å². The average molecular weight is 556 g/mol. The highest BCUT2D eigenvalue weighted by Gasteiger charge is 2.86. The fraction of sp³-hybridized carbons (Fsp3) is 0.781. The molecule has 5 aliphatic carbocycles. The zero-order valence-corrected chi connectivity index (χ0v) is 24.5. The summed E-state index contributed by atoms with van der Waals surface area (Å²) in [5.74, 6) is 0.0194. The van der Waals surface area contributed by atoms with Gasteiger partial charge in [-0.2, -0.15) is 0 Å². The molecule has 5 saturated carbocycles. The monoisotopic (exact) mass is 555 g/mol. The van der Waals surface area contributed by atoms with Crippen molar-refractivity contribution >= 4 is 5.97 Å². The lowest BCUT2D eigenvalue weighted by Gasteiger charge is -2.70. The Morgan fingerprint density at radius 2 is 1.82 bits per heavy atom. The smallest absolute Gasteiger partial charge is 0.338 e. The normalized spacial score (nSPS) is 50.1. The molecule has 0 radical (unpaired) electrons. The number of fused-ring (bicyclic) bond motifs is 2. The van der Waals surface area contributed by atoms with E-state index in [4.69, 9.17) is 23.7 Å². The van der Waals surface area contributed by atoms with E-state index in [1.54, 1.807) is 26.4 Å². The minimum Gasteiger partial charge on any atom is -0.458 e. The highest BCUT2D eigenvalue weighted by atomic mass is 16.6. The number of carbonyl (C=O) groups excluding carboxylic acids is 1. The molecule has 8 nitrogen and oxygen atoms in total. The van der Waals surface area contributed by atoms with Gasteiger partial charge < -0.3 is 28.8 Å². The first-order valence-corrected chi connectivity index (χ1v) is 15.2. The largest absolute Gasteiger partial charge is 0.458 e. The highest BCUT2D eigenvalue weighted by Crippen LogP contribution is 2.79. The van der Waals surface area contributed by atoms with Gasteiger partial charge in [0.15, 0.2) is 0 Å². The molecule has 1 aromatic rings. The van der Waals surface area contributed by atoms with Crippen LogP contribution in [0, 0.1) is 40.4 Å². The van der Waals surface area contributed by atoms with Gasteiger partial charge in [0.25, 0.3) is 0 Å². The molecule has 13 atom stereocenters. The molecule has 1 unspecified atom stereocenters. The van der Waals surface area contributed by atoms with Crippen LogP contribution in [-0.2, 0) is 23.7 Å². The quantitative estimate of drug-likeness (QED) is 0.490. The van der Waals surface area contributed by atoms with Crippen LogP contribution in [0.3, 0.4) is 0 Å². The van der Waals surface area contributed by atoms with Crippen LogP contribution in [0.2, 0.25) is 0 Å². The molecule has 0 aromatic heterocycles. The SMILES string of the molecule is CCN1C[C@]2(COC)CC[C@H](OC)[C@]34C1[C@H](C[C@H]23)[C@]1(OC)[C@H]2[C@@H](OC(=O)c3ccccc3)[C@H](C[C@H]24)[C@@H](OC)[C@@H]1O. The molecule has 1 spiro atoms. The van der Waals surface area contributed by atoms with Gasteiger partial charge in [0, 0.05) is 69.6 Å². The van der Waals surface area contributed by atoms with E-state index in [0.717, 1.165) is 45.4 Å². The number of aliphatic hydroxyl groups is 1. The van der Waals surface area contributed by atoms with E-state index in [0.29, 0.717) is 11.5 Å². The van der Waals surface area contributed by atoms with E-state index in [9.17, 15) is 9.90 Å². The first kappa shape index (κ1) is 27.3. The first-order chi connectivity index (χ1) is 19.4. The van der Waals surface area contributed by atoms with E-state index in [-0.39, 0.29) is 52.6 Å². The molecule has 0 amide bonds. The van der Waals surface area contributed by atoms with Crippen molar-refractivity contribution in [2.24, 2.45) is 40.4 Å². The van der Waals surface area contributed by atoms with Gasteiger partial charge in [-0.05, 0) is 56.2 Å². The van der Waals surface area contributed by atoms with E-state index >= 15 is 0 Å². The molecular weight excluding hydrogens is 510 g/mol. The number of esters is 1. The molecule has 40 heavy (non-hydrogen) atoms. The lowest BCUT2D eigenvalue weighted by Crippen LogP contribution is -2.79. The molecule has 1 heterocycles. The van der Waals surface area contributed by atoms with E-state index in [1.807, 2.05) is 32.4 Å². The van der Waals surface area contributed by atoms with E-state index < -0.39 is 23.9 Å². The van der Waals surface area contributed by atoms with Crippen LogP contribution < -0.4 is 0 Å². The summed E-state index contributed by atoms with van der Waals surface area (Å²) >= 11 is 0. The maximum absolute atomic E-state index is 13.5. The minimum absolute atomic E-state index is 0.0263. The summed E-state index contributed by atoms with van der Waals surface area (Å²) < 4.78 is 31.7. The summed E-state index contributed by atoms with van der Waals surface area (Å²) in [4.78, 5) is 16.2. The van der Waals surface area contributed by atoms with Crippen LogP contribution in [-0.4, -0.2) is 100 Å². The van der Waals surface area contributed by atoms with Gasteiger partial charge in [-0.1, -0.05) is 25.1 Å². The number of rotatable bonds is 8. The van der Waals surface area contributed by atoms with Crippen molar-refractivity contribution < 1.29 is 33.6 Å². The number of piperidine rings is 1. The predicted molar refractivity (Wildman–Crippen MR) is 147 cm³/mol. The van der Waals surface area contributed by atoms with Gasteiger partial charge in [-0.25, -0.2) is 4.79 Å². The van der Waals surface area contributed by atoms with Crippen molar-refractivity contribution in [2.45, 2.75) is 68.7 Å². The number of nitrogens with zero attached hydrogens (tertiary/aromatic N) is 1. The third-order valence-electron chi connectivity index (χ3n) is 12.8. The van der Waals surface area contributed by atoms with Gasteiger partial charge in [-0.15, -0.1) is 0 Å². The third-order valence-corrected chi connectivity index (χ3v) is 12.8. The minimum atomic E-state index is -0.887. The number of likely N-dealkylation sites (tertiary alicyclic amines) is 1. The summed E-state index contributed by atoms with van der Waals surface area (Å²) in [5, 5.41) is 12.2. The van der Waals surface area contributed by atoms with Crippen molar-refractivity contribution in [3.05, 3.63) is 35.9 Å². The Labute approximate surface area is 237 Å². The summed E-state index contributed by atoms with van der Waals surface area (Å²) in [6.07, 6.45) is 2.22. The van der Waals surface area contributed by atoms with Crippen LogP contribution in [0.1, 0.15) is 43.0 Å². The van der Waals surface area contributed by atoms with E-state index in [2.05, 4.69) is 11.8 Å². The van der Waals surface area contributed by atoms with Gasteiger partial charge >= 0.3 is 5.97 Å². The molecule has 1 saturated heterocycles. The second kappa shape index (κ2) is 9.48. The third kappa shape index (κ3) is 3.06. The number of ether oxygens (including phenoxy) is 5. The van der Waals surface area contributed by atoms with Crippen molar-refractivity contribution in [3.8, 4) is 0 Å². The van der Waals surface area contributed by atoms with Crippen molar-refractivity contribution in [1.29, 1.82) is 0 Å². The molecule has 7 rings (SSSR count). The topological polar surface area (TPSA) is 86.7 Å². The molecule has 6 aliphatic rings. The fourth-order valence-electron chi connectivity index (χ4n) is 12.0. The van der Waals surface area contributed by atoms with Crippen LogP contribution in [0.15, 0.2) is 30.3 Å². The average Bonchev–Trinajstić information content (AvgIpc) is 3.41. The fourth-order valence-corrected chi connectivity index (χ4v) is 12.0. The standard InChI is InChI=1S/C32H45NO7/c1-6-33-16-30(17-36-2)13-12-23(37-3)31-20-14-19-25(40-29(35)18-10-8-7-9-11-18)24(20)32(39-5,28(34)26(19)38-4)21(27(31)33)15-22(30)31/h7-11,19-28,34H,6,12-17H2,1-5H3/t19-,20+,21-,22+,23-,24+,25-,26+,27?,28-,30-,31+,32-/m0/s1. The molecular formula is C32H45NO7. The molecule has 1 aromatic carbocycles. The number of hydrogen-bond acceptors (Lipinski definition) is 8. The molecule has 7 bridgehead atoms. The Morgan fingerprint density at radius 1 is 1.05 bits per heavy atom. The van der Waals surface area contributed by atoms with Gasteiger partial charge in [0.05, 0.1) is 24.4 Å². The van der Waals surface area contributed by atoms with Crippen LogP contribution in [0.25, 0.3) is 0 Å². The second-order valence-electron chi connectivity index (χ2n) is 13.4. The number of hydrogen-bond donors (Lipinski definition) is 1. The molecule has 6 fully saturated rings. The maximum atomic E-state index is 13.5. The van der Waals surface area contributed by atoms with Crippen LogP contribution in [0.4, 0.5) is 0 Å². The lowest BCUT2D eigenvalue weighted by atomic mass is 9.43. The van der Waals surface area contributed by atoms with Gasteiger partial charge in [-0.3, -0.25) is 4.90 Å².